The van der Waals surface area contributed by atoms with Crippen LogP contribution in [0, 0.1) is 0 Å². The van der Waals surface area contributed by atoms with E-state index in [1.807, 2.05) is 0 Å². The first kappa shape index (κ1) is 21.9. The molecule has 23 heavy (non-hydrogen) atoms. The van der Waals surface area contributed by atoms with Crippen LogP contribution in [0.1, 0.15) is 91.4 Å². The number of rotatable bonds is 14. The standard InChI is InChI=1S/C18H34O5/c1-4-5-6-7-8-9-10-11-12-13-16(20)23-18(3,17(21)22)14-15(2)19/h15,19H,4-14H2,1-3H3,(H,21,22). The largest absolute Gasteiger partial charge is 0.478 e. The molecule has 0 bridgehead atoms. The lowest BCUT2D eigenvalue weighted by Gasteiger charge is -2.26. The van der Waals surface area contributed by atoms with Crippen molar-refractivity contribution < 1.29 is 24.5 Å². The zero-order valence-electron chi connectivity index (χ0n) is 15.0. The lowest BCUT2D eigenvalue weighted by molar-refractivity contribution is -0.179. The maximum absolute atomic E-state index is 11.8. The Bertz CT molecular complexity index is 340. The van der Waals surface area contributed by atoms with Crippen LogP contribution in [0.15, 0.2) is 0 Å². The molecule has 2 unspecified atom stereocenters. The molecular weight excluding hydrogens is 296 g/mol. The average molecular weight is 330 g/mol. The first-order chi connectivity index (χ1) is 10.8. The summed E-state index contributed by atoms with van der Waals surface area (Å²) < 4.78 is 5.08. The van der Waals surface area contributed by atoms with Crippen LogP contribution in [0.4, 0.5) is 0 Å². The fraction of sp³-hybridized carbons (Fsp3) is 0.889. The van der Waals surface area contributed by atoms with Crippen molar-refractivity contribution in [3.63, 3.8) is 0 Å². The summed E-state index contributed by atoms with van der Waals surface area (Å²) >= 11 is 0. The summed E-state index contributed by atoms with van der Waals surface area (Å²) in [5.74, 6) is -1.72. The molecule has 0 fully saturated rings. The van der Waals surface area contributed by atoms with Crippen LogP contribution in [-0.2, 0) is 14.3 Å². The van der Waals surface area contributed by atoms with Gasteiger partial charge in [-0.25, -0.2) is 4.79 Å². The van der Waals surface area contributed by atoms with Crippen LogP contribution < -0.4 is 0 Å². The number of carboxylic acids is 1. The topological polar surface area (TPSA) is 83.8 Å². The van der Waals surface area contributed by atoms with Gasteiger partial charge in [0.05, 0.1) is 6.10 Å². The summed E-state index contributed by atoms with van der Waals surface area (Å²) in [6, 6.07) is 0. The van der Waals surface area contributed by atoms with E-state index in [1.54, 1.807) is 0 Å². The number of unbranched alkanes of at least 4 members (excludes halogenated alkanes) is 8. The van der Waals surface area contributed by atoms with Crippen LogP contribution in [0.25, 0.3) is 0 Å². The molecule has 0 heterocycles. The van der Waals surface area contributed by atoms with Crippen LogP contribution >= 0.6 is 0 Å². The highest BCUT2D eigenvalue weighted by Gasteiger charge is 2.38. The summed E-state index contributed by atoms with van der Waals surface area (Å²) in [4.78, 5) is 23.0. The monoisotopic (exact) mass is 330 g/mol. The second-order valence-electron chi connectivity index (χ2n) is 6.64. The van der Waals surface area contributed by atoms with Crippen molar-refractivity contribution in [3.05, 3.63) is 0 Å². The molecule has 0 spiro atoms. The molecule has 0 amide bonds. The Hall–Kier alpha value is -1.10. The fourth-order valence-corrected chi connectivity index (χ4v) is 2.62. The lowest BCUT2D eigenvalue weighted by Crippen LogP contribution is -2.42. The molecular formula is C18H34O5. The quantitative estimate of drug-likeness (QED) is 0.370. The molecule has 0 aliphatic carbocycles. The van der Waals surface area contributed by atoms with E-state index in [9.17, 15) is 19.8 Å². The molecule has 0 aliphatic rings. The molecule has 0 aromatic rings. The third-order valence-electron chi connectivity index (χ3n) is 3.96. The van der Waals surface area contributed by atoms with E-state index in [4.69, 9.17) is 4.74 Å². The molecule has 136 valence electrons. The van der Waals surface area contributed by atoms with Crippen molar-refractivity contribution in [1.29, 1.82) is 0 Å². The highest BCUT2D eigenvalue weighted by Crippen LogP contribution is 2.20. The maximum atomic E-state index is 11.8. The van der Waals surface area contributed by atoms with E-state index in [2.05, 4.69) is 6.92 Å². The molecule has 2 atom stereocenters. The number of esters is 1. The van der Waals surface area contributed by atoms with Crippen LogP contribution in [0.3, 0.4) is 0 Å². The molecule has 0 radical (unpaired) electrons. The number of hydrogen-bond acceptors (Lipinski definition) is 4. The van der Waals surface area contributed by atoms with Gasteiger partial charge >= 0.3 is 11.9 Å². The SMILES string of the molecule is CCCCCCCCCCCC(=O)OC(C)(CC(C)O)C(=O)O. The minimum atomic E-state index is -1.65. The minimum Gasteiger partial charge on any atom is -0.478 e. The molecule has 5 nitrogen and oxygen atoms in total. The summed E-state index contributed by atoms with van der Waals surface area (Å²) in [7, 11) is 0. The third-order valence-corrected chi connectivity index (χ3v) is 3.96. The second-order valence-corrected chi connectivity index (χ2v) is 6.64. The van der Waals surface area contributed by atoms with E-state index in [0.29, 0.717) is 0 Å². The molecule has 0 aromatic carbocycles. The number of aliphatic hydroxyl groups excluding tert-OH is 1. The van der Waals surface area contributed by atoms with Gasteiger partial charge in [0.25, 0.3) is 0 Å². The second kappa shape index (κ2) is 12.3. The Labute approximate surface area is 140 Å². The first-order valence-electron chi connectivity index (χ1n) is 8.95. The molecule has 0 aliphatic heterocycles. The Morgan fingerprint density at radius 1 is 1.00 bits per heavy atom. The zero-order valence-corrected chi connectivity index (χ0v) is 15.0. The normalized spacial score (nSPS) is 15.0. The Morgan fingerprint density at radius 3 is 1.91 bits per heavy atom. The number of ether oxygens (including phenoxy) is 1. The Balaban J connectivity index is 3.82. The molecule has 2 N–H and O–H groups in total. The third kappa shape index (κ3) is 11.1. The number of carbonyl (C=O) groups is 2. The molecule has 5 heteroatoms. The molecule has 0 aromatic heterocycles. The zero-order chi connectivity index (χ0) is 17.7. The summed E-state index contributed by atoms with van der Waals surface area (Å²) in [5.41, 5.74) is -1.65. The summed E-state index contributed by atoms with van der Waals surface area (Å²) in [5, 5.41) is 18.5. The van der Waals surface area contributed by atoms with E-state index < -0.39 is 23.6 Å². The average Bonchev–Trinajstić information content (AvgIpc) is 2.44. The van der Waals surface area contributed by atoms with Gasteiger partial charge in [-0.15, -0.1) is 0 Å². The lowest BCUT2D eigenvalue weighted by atomic mass is 9.99. The van der Waals surface area contributed by atoms with Gasteiger partial charge < -0.3 is 14.9 Å². The number of hydrogen-bond donors (Lipinski definition) is 2. The van der Waals surface area contributed by atoms with E-state index in [1.165, 1.54) is 52.4 Å². The molecule has 0 saturated heterocycles. The van der Waals surface area contributed by atoms with Gasteiger partial charge in [-0.2, -0.15) is 0 Å². The highest BCUT2D eigenvalue weighted by molar-refractivity contribution is 5.81. The number of aliphatic hydroxyl groups is 1. The van der Waals surface area contributed by atoms with Crippen molar-refractivity contribution in [2.75, 3.05) is 0 Å². The van der Waals surface area contributed by atoms with Crippen molar-refractivity contribution >= 4 is 11.9 Å². The van der Waals surface area contributed by atoms with Gasteiger partial charge in [0, 0.05) is 12.8 Å². The number of carbonyl (C=O) groups excluding carboxylic acids is 1. The van der Waals surface area contributed by atoms with Crippen molar-refractivity contribution in [3.8, 4) is 0 Å². The van der Waals surface area contributed by atoms with Gasteiger partial charge in [0.1, 0.15) is 0 Å². The Kier molecular flexibility index (Phi) is 11.7. The minimum absolute atomic E-state index is 0.105. The summed E-state index contributed by atoms with van der Waals surface area (Å²) in [6.45, 7) is 5.02. The van der Waals surface area contributed by atoms with Crippen molar-refractivity contribution in [1.82, 2.24) is 0 Å². The van der Waals surface area contributed by atoms with Gasteiger partial charge in [-0.3, -0.25) is 4.79 Å². The van der Waals surface area contributed by atoms with E-state index in [0.717, 1.165) is 19.3 Å². The van der Waals surface area contributed by atoms with Crippen molar-refractivity contribution in [2.45, 2.75) is 103 Å². The van der Waals surface area contributed by atoms with Gasteiger partial charge in [-0.1, -0.05) is 58.3 Å². The predicted octanol–water partition coefficient (Wildman–Crippen LogP) is 4.06. The van der Waals surface area contributed by atoms with E-state index in [-0.39, 0.29) is 12.8 Å². The van der Waals surface area contributed by atoms with E-state index >= 15 is 0 Å². The smallest absolute Gasteiger partial charge is 0.347 e. The molecule has 0 rings (SSSR count). The van der Waals surface area contributed by atoms with Crippen LogP contribution in [0.5, 0.6) is 0 Å². The fourth-order valence-electron chi connectivity index (χ4n) is 2.62. The summed E-state index contributed by atoms with van der Waals surface area (Å²) in [6.07, 6.45) is 9.66. The van der Waals surface area contributed by atoms with Gasteiger partial charge in [0.15, 0.2) is 0 Å². The predicted molar refractivity (Wildman–Crippen MR) is 90.3 cm³/mol. The maximum Gasteiger partial charge on any atom is 0.347 e. The number of aliphatic carboxylic acids is 1. The van der Waals surface area contributed by atoms with Gasteiger partial charge in [-0.05, 0) is 20.3 Å². The van der Waals surface area contributed by atoms with Crippen molar-refractivity contribution in [2.24, 2.45) is 0 Å². The van der Waals surface area contributed by atoms with Crippen LogP contribution in [-0.4, -0.2) is 33.9 Å². The van der Waals surface area contributed by atoms with Gasteiger partial charge in [0.2, 0.25) is 5.60 Å². The molecule has 0 saturated carbocycles. The Morgan fingerprint density at radius 2 is 1.48 bits per heavy atom. The number of carboxylic acid groups (broad SMARTS) is 1. The van der Waals surface area contributed by atoms with Crippen LogP contribution in [0.2, 0.25) is 0 Å². The first-order valence-corrected chi connectivity index (χ1v) is 8.95. The highest BCUT2D eigenvalue weighted by atomic mass is 16.6.